The van der Waals surface area contributed by atoms with Crippen LogP contribution < -0.4 is 5.32 Å². The van der Waals surface area contributed by atoms with E-state index in [1.807, 2.05) is 0 Å². The number of rotatable bonds is 5. The molecule has 1 aromatic carbocycles. The van der Waals surface area contributed by atoms with Crippen molar-refractivity contribution in [1.82, 2.24) is 4.31 Å². The number of piperidine rings is 1. The summed E-state index contributed by atoms with van der Waals surface area (Å²) in [6.45, 7) is 0.0622. The summed E-state index contributed by atoms with van der Waals surface area (Å²) in [6.07, 6.45) is 1.86. The van der Waals surface area contributed by atoms with Gasteiger partial charge in [-0.3, -0.25) is 9.59 Å². The van der Waals surface area contributed by atoms with Crippen molar-refractivity contribution in [2.45, 2.75) is 12.8 Å². The van der Waals surface area contributed by atoms with Crippen molar-refractivity contribution in [3.8, 4) is 0 Å². The van der Waals surface area contributed by atoms with E-state index in [2.05, 4.69) is 5.32 Å². The minimum absolute atomic E-state index is 0.258. The Labute approximate surface area is 156 Å². The van der Waals surface area contributed by atoms with Crippen LogP contribution in [0.2, 0.25) is 10.0 Å². The lowest BCUT2D eigenvalue weighted by atomic mass is 9.98. The number of ether oxygens (including phenoxy) is 1. The summed E-state index contributed by atoms with van der Waals surface area (Å²) in [6, 6.07) is 4.79. The standard InChI is InChI=1S/C15H18Cl2N2O5S/c1-25(22,23)19-7-5-10(6-8-19)15(21)24-9-13(20)18-14-11(16)3-2-4-12(14)17/h2-4,10H,5-9H2,1H3,(H,18,20). The molecule has 0 atom stereocenters. The maximum Gasteiger partial charge on any atom is 0.309 e. The number of sulfonamides is 1. The number of benzene rings is 1. The molecular formula is C15H18Cl2N2O5S. The van der Waals surface area contributed by atoms with Gasteiger partial charge in [-0.15, -0.1) is 0 Å². The van der Waals surface area contributed by atoms with Gasteiger partial charge in [0.25, 0.3) is 5.91 Å². The van der Waals surface area contributed by atoms with E-state index in [0.717, 1.165) is 6.26 Å². The molecular weight excluding hydrogens is 391 g/mol. The van der Waals surface area contributed by atoms with Crippen LogP contribution in [0.25, 0.3) is 0 Å². The van der Waals surface area contributed by atoms with Crippen LogP contribution in [-0.4, -0.2) is 50.6 Å². The highest BCUT2D eigenvalue weighted by molar-refractivity contribution is 7.88. The quantitative estimate of drug-likeness (QED) is 0.753. The van der Waals surface area contributed by atoms with Gasteiger partial charge in [-0.1, -0.05) is 29.3 Å². The van der Waals surface area contributed by atoms with Crippen molar-refractivity contribution < 1.29 is 22.7 Å². The second-order valence-corrected chi connectivity index (χ2v) is 8.49. The third-order valence-corrected chi connectivity index (χ3v) is 5.76. The van der Waals surface area contributed by atoms with Gasteiger partial charge in [0.2, 0.25) is 10.0 Å². The molecule has 1 amide bonds. The van der Waals surface area contributed by atoms with E-state index >= 15 is 0 Å². The zero-order valence-corrected chi connectivity index (χ0v) is 15.8. The molecule has 1 aliphatic heterocycles. The molecule has 1 N–H and O–H groups in total. The van der Waals surface area contributed by atoms with E-state index in [1.54, 1.807) is 18.2 Å². The lowest BCUT2D eigenvalue weighted by molar-refractivity contribution is -0.152. The predicted octanol–water partition coefficient (Wildman–Crippen LogP) is 2.15. The Hall–Kier alpha value is -1.35. The number of hydrogen-bond donors (Lipinski definition) is 1. The normalized spacial score (nSPS) is 16.4. The van der Waals surface area contributed by atoms with Crippen LogP contribution in [0.15, 0.2) is 18.2 Å². The molecule has 1 aliphatic rings. The molecule has 0 aliphatic carbocycles. The van der Waals surface area contributed by atoms with Crippen molar-refractivity contribution >= 4 is 50.8 Å². The van der Waals surface area contributed by atoms with E-state index in [1.165, 1.54) is 4.31 Å². The van der Waals surface area contributed by atoms with E-state index in [4.69, 9.17) is 27.9 Å². The first-order valence-electron chi connectivity index (χ1n) is 7.54. The van der Waals surface area contributed by atoms with Crippen LogP contribution in [0.5, 0.6) is 0 Å². The molecule has 0 radical (unpaired) electrons. The molecule has 0 spiro atoms. The molecule has 0 unspecified atom stereocenters. The largest absolute Gasteiger partial charge is 0.455 e. The summed E-state index contributed by atoms with van der Waals surface area (Å²) in [5.41, 5.74) is 0.258. The molecule has 0 saturated carbocycles. The van der Waals surface area contributed by atoms with Crippen molar-refractivity contribution in [1.29, 1.82) is 0 Å². The zero-order valence-electron chi connectivity index (χ0n) is 13.5. The number of amides is 1. The molecule has 1 saturated heterocycles. The van der Waals surface area contributed by atoms with Gasteiger partial charge in [-0.25, -0.2) is 12.7 Å². The molecule has 0 aromatic heterocycles. The van der Waals surface area contributed by atoms with Crippen molar-refractivity contribution in [3.63, 3.8) is 0 Å². The summed E-state index contributed by atoms with van der Waals surface area (Å²) < 4.78 is 29.2. The summed E-state index contributed by atoms with van der Waals surface area (Å²) in [7, 11) is -3.25. The number of carbonyl (C=O) groups excluding carboxylic acids is 2. The molecule has 0 bridgehead atoms. The fourth-order valence-electron chi connectivity index (χ4n) is 2.47. The maximum absolute atomic E-state index is 12.0. The average molecular weight is 409 g/mol. The number of nitrogens with zero attached hydrogens (tertiary/aromatic N) is 1. The van der Waals surface area contributed by atoms with Gasteiger partial charge in [-0.05, 0) is 25.0 Å². The molecule has 138 valence electrons. The Kier molecular flexibility index (Phi) is 6.67. The second-order valence-electron chi connectivity index (χ2n) is 5.69. The van der Waals surface area contributed by atoms with Gasteiger partial charge in [0.1, 0.15) is 0 Å². The number of carbonyl (C=O) groups is 2. The van der Waals surface area contributed by atoms with E-state index in [9.17, 15) is 18.0 Å². The van der Waals surface area contributed by atoms with Gasteiger partial charge >= 0.3 is 5.97 Å². The molecule has 25 heavy (non-hydrogen) atoms. The number of anilines is 1. The predicted molar refractivity (Wildman–Crippen MR) is 95.2 cm³/mol. The summed E-state index contributed by atoms with van der Waals surface area (Å²) in [5, 5.41) is 3.05. The SMILES string of the molecule is CS(=O)(=O)N1CCC(C(=O)OCC(=O)Nc2c(Cl)cccc2Cl)CC1. The summed E-state index contributed by atoms with van der Waals surface area (Å²) >= 11 is 11.9. The van der Waals surface area contributed by atoms with Gasteiger partial charge in [-0.2, -0.15) is 0 Å². The average Bonchev–Trinajstić information content (AvgIpc) is 2.55. The molecule has 2 rings (SSSR count). The number of hydrogen-bond acceptors (Lipinski definition) is 5. The maximum atomic E-state index is 12.0. The molecule has 10 heteroatoms. The fraction of sp³-hybridized carbons (Fsp3) is 0.467. The van der Waals surface area contributed by atoms with E-state index < -0.39 is 34.4 Å². The number of halogens is 2. The Balaban J connectivity index is 1.81. The van der Waals surface area contributed by atoms with Crippen LogP contribution in [0.3, 0.4) is 0 Å². The van der Waals surface area contributed by atoms with Gasteiger partial charge in [0.15, 0.2) is 6.61 Å². The highest BCUT2D eigenvalue weighted by Crippen LogP contribution is 2.29. The van der Waals surface area contributed by atoms with Crippen molar-refractivity contribution in [2.24, 2.45) is 5.92 Å². The second kappa shape index (κ2) is 8.35. The van der Waals surface area contributed by atoms with Crippen molar-refractivity contribution in [2.75, 3.05) is 31.3 Å². The minimum atomic E-state index is -3.25. The van der Waals surface area contributed by atoms with Crippen LogP contribution in [0.4, 0.5) is 5.69 Å². The fourth-order valence-corrected chi connectivity index (χ4v) is 3.84. The monoisotopic (exact) mass is 408 g/mol. The van der Waals surface area contributed by atoms with E-state index in [-0.39, 0.29) is 28.8 Å². The minimum Gasteiger partial charge on any atom is -0.455 e. The molecule has 7 nitrogen and oxygen atoms in total. The third kappa shape index (κ3) is 5.57. The summed E-state index contributed by atoms with van der Waals surface area (Å²) in [5.74, 6) is -1.50. The molecule has 1 aromatic rings. The first kappa shape index (κ1) is 20.0. The van der Waals surface area contributed by atoms with Gasteiger partial charge < -0.3 is 10.1 Å². The van der Waals surface area contributed by atoms with Crippen LogP contribution >= 0.6 is 23.2 Å². The Morgan fingerprint density at radius 2 is 1.80 bits per heavy atom. The van der Waals surface area contributed by atoms with Gasteiger partial charge in [0.05, 0.1) is 27.9 Å². The highest BCUT2D eigenvalue weighted by Gasteiger charge is 2.30. The van der Waals surface area contributed by atoms with E-state index in [0.29, 0.717) is 12.8 Å². The van der Waals surface area contributed by atoms with Crippen LogP contribution in [0.1, 0.15) is 12.8 Å². The zero-order chi connectivity index (χ0) is 18.6. The number of para-hydroxylation sites is 1. The lowest BCUT2D eigenvalue weighted by Crippen LogP contribution is -2.40. The number of esters is 1. The topological polar surface area (TPSA) is 92.8 Å². The summed E-state index contributed by atoms with van der Waals surface area (Å²) in [4.78, 5) is 23.9. The first-order valence-corrected chi connectivity index (χ1v) is 10.1. The lowest BCUT2D eigenvalue weighted by Gasteiger charge is -2.28. The Bertz CT molecular complexity index is 741. The van der Waals surface area contributed by atoms with Crippen LogP contribution in [0, 0.1) is 5.92 Å². The van der Waals surface area contributed by atoms with Gasteiger partial charge in [0, 0.05) is 13.1 Å². The molecule has 1 fully saturated rings. The Morgan fingerprint density at radius 3 is 2.32 bits per heavy atom. The van der Waals surface area contributed by atoms with Crippen molar-refractivity contribution in [3.05, 3.63) is 28.2 Å². The van der Waals surface area contributed by atoms with Crippen LogP contribution in [-0.2, 0) is 24.3 Å². The third-order valence-electron chi connectivity index (χ3n) is 3.83. The Morgan fingerprint density at radius 1 is 1.24 bits per heavy atom. The highest BCUT2D eigenvalue weighted by atomic mass is 35.5. The number of nitrogens with one attached hydrogen (secondary N) is 1. The first-order chi connectivity index (χ1) is 11.7. The molecule has 1 heterocycles. The smallest absolute Gasteiger partial charge is 0.309 e.